The van der Waals surface area contributed by atoms with E-state index in [0.717, 1.165) is 22.6 Å². The lowest BCUT2D eigenvalue weighted by molar-refractivity contribution is -0.167. The fourth-order valence-electron chi connectivity index (χ4n) is 6.13. The molecule has 1 fully saturated rings. The van der Waals surface area contributed by atoms with E-state index in [0.29, 0.717) is 10.9 Å². The van der Waals surface area contributed by atoms with Gasteiger partial charge in [-0.1, -0.05) is 12.1 Å². The number of rotatable bonds is 7. The topological polar surface area (TPSA) is 151 Å². The van der Waals surface area contributed by atoms with Gasteiger partial charge in [0.2, 0.25) is 0 Å². The van der Waals surface area contributed by atoms with Gasteiger partial charge in [-0.05, 0) is 42.3 Å². The number of alkyl halides is 3. The Bertz CT molecular complexity index is 2250. The molecule has 1 aliphatic rings. The maximum atomic E-state index is 15.5. The number of pyridine rings is 1. The van der Waals surface area contributed by atoms with Crippen LogP contribution < -0.4 is 21.5 Å². The van der Waals surface area contributed by atoms with Crippen molar-refractivity contribution in [1.82, 2.24) is 29.4 Å². The molecule has 260 valence electrons. The molecule has 2 atom stereocenters. The number of halogens is 4. The van der Waals surface area contributed by atoms with Crippen LogP contribution in [0.25, 0.3) is 27.6 Å². The fraction of sp³-hybridized carbons (Fsp3) is 0.303. The quantitative estimate of drug-likeness (QED) is 0.199. The number of fused-ring (bicyclic) bond motifs is 2. The summed E-state index contributed by atoms with van der Waals surface area (Å²) in [4.78, 5) is 66.6. The van der Waals surface area contributed by atoms with Crippen LogP contribution in [-0.2, 0) is 27.7 Å². The van der Waals surface area contributed by atoms with E-state index in [9.17, 15) is 32.3 Å². The number of ether oxygens (including phenoxy) is 2. The number of hydrogen-bond acceptors (Lipinski definition) is 10. The van der Waals surface area contributed by atoms with Gasteiger partial charge in [0, 0.05) is 43.5 Å². The maximum Gasteiger partial charge on any atom is 0.411 e. The average Bonchev–Trinajstić information content (AvgIpc) is 3.10. The molecule has 1 amide bonds. The van der Waals surface area contributed by atoms with Gasteiger partial charge in [0.1, 0.15) is 29.6 Å². The average molecular weight is 696 g/mol. The third kappa shape index (κ3) is 6.15. The number of benzene rings is 2. The Balaban J connectivity index is 1.34. The molecular weight excluding hydrogens is 666 g/mol. The molecule has 1 saturated heterocycles. The van der Waals surface area contributed by atoms with Crippen LogP contribution in [0.4, 0.5) is 23.2 Å². The molecule has 0 unspecified atom stereocenters. The summed E-state index contributed by atoms with van der Waals surface area (Å²) in [6.45, 7) is 0.620. The third-order valence-electron chi connectivity index (χ3n) is 8.55. The molecule has 5 aromatic rings. The van der Waals surface area contributed by atoms with E-state index in [2.05, 4.69) is 20.3 Å². The highest BCUT2D eigenvalue weighted by atomic mass is 19.4. The second-order valence-electron chi connectivity index (χ2n) is 11.6. The van der Waals surface area contributed by atoms with E-state index in [1.165, 1.54) is 49.4 Å². The molecule has 0 saturated carbocycles. The van der Waals surface area contributed by atoms with Gasteiger partial charge in [-0.2, -0.15) is 13.2 Å². The lowest BCUT2D eigenvalue weighted by atomic mass is 9.99. The number of nitrogens with one attached hydrogen (secondary N) is 1. The number of aromatic nitrogens is 5. The first-order valence-electron chi connectivity index (χ1n) is 15.2. The van der Waals surface area contributed by atoms with Crippen molar-refractivity contribution in [2.45, 2.75) is 31.6 Å². The summed E-state index contributed by atoms with van der Waals surface area (Å²) in [6.07, 6.45) is -0.843. The number of amides is 1. The lowest BCUT2D eigenvalue weighted by Gasteiger charge is -2.38. The Kier molecular flexibility index (Phi) is 9.09. The van der Waals surface area contributed by atoms with Gasteiger partial charge < -0.3 is 19.7 Å². The Labute approximate surface area is 280 Å². The minimum absolute atomic E-state index is 0.00604. The van der Waals surface area contributed by atoms with Crippen molar-refractivity contribution in [1.29, 1.82) is 0 Å². The molecule has 0 spiro atoms. The van der Waals surface area contributed by atoms with E-state index >= 15 is 4.39 Å². The van der Waals surface area contributed by atoms with Crippen LogP contribution >= 0.6 is 0 Å². The number of anilines is 1. The van der Waals surface area contributed by atoms with Gasteiger partial charge in [-0.3, -0.25) is 19.1 Å². The summed E-state index contributed by atoms with van der Waals surface area (Å²) < 4.78 is 68.6. The Morgan fingerprint density at radius 3 is 2.64 bits per heavy atom. The summed E-state index contributed by atoms with van der Waals surface area (Å²) in [7, 11) is 2.57. The van der Waals surface area contributed by atoms with Crippen molar-refractivity contribution in [2.24, 2.45) is 7.05 Å². The number of aryl methyl sites for hydroxylation is 2. The second-order valence-corrected chi connectivity index (χ2v) is 11.6. The SMILES string of the molecule is COC(=O)[C@H](Cc1ccc(-n2c(=O)c3cncnc3n(C)c2=O)c2ncccc12)NC(=O)c1c(C)cc(N2CCOC[C@@H]2C(F)(F)F)cc1F. The zero-order valence-electron chi connectivity index (χ0n) is 26.8. The zero-order valence-corrected chi connectivity index (χ0v) is 26.8. The first-order chi connectivity index (χ1) is 23.8. The molecule has 0 aliphatic carbocycles. The zero-order chi connectivity index (χ0) is 35.9. The molecular formula is C33H29F4N7O6. The third-order valence-corrected chi connectivity index (χ3v) is 8.55. The van der Waals surface area contributed by atoms with Crippen molar-refractivity contribution < 1.29 is 36.6 Å². The van der Waals surface area contributed by atoms with Crippen molar-refractivity contribution in [3.8, 4) is 5.69 Å². The van der Waals surface area contributed by atoms with Gasteiger partial charge in [-0.15, -0.1) is 0 Å². The first-order valence-corrected chi connectivity index (χ1v) is 15.2. The van der Waals surface area contributed by atoms with Crippen LogP contribution in [0, 0.1) is 12.7 Å². The standard InChI is InChI=1S/C33H29F4N7O6/c1-17-11-19(43-9-10-50-15-25(43)33(35,36)37)13-22(34)26(17)29(45)41-23(31(47)49-3)12-18-6-7-24(27-20(18)5-4-8-39-27)44-30(46)21-14-38-16-40-28(21)42(2)32(44)48/h4-8,11,13-14,16,23,25H,9-10,12,15H2,1-3H3,(H,41,45)/t23-,25+/m0/s1. The van der Waals surface area contributed by atoms with Gasteiger partial charge in [0.15, 0.2) is 5.65 Å². The van der Waals surface area contributed by atoms with E-state index in [1.807, 2.05) is 0 Å². The molecule has 1 N–H and O–H groups in total. The largest absolute Gasteiger partial charge is 0.467 e. The minimum atomic E-state index is -4.64. The molecule has 17 heteroatoms. The van der Waals surface area contributed by atoms with Crippen LogP contribution in [-0.4, -0.2) is 81.1 Å². The summed E-state index contributed by atoms with van der Waals surface area (Å²) in [5.74, 6) is -2.95. The summed E-state index contributed by atoms with van der Waals surface area (Å²) in [6, 6.07) is 5.06. The van der Waals surface area contributed by atoms with Crippen molar-refractivity contribution in [2.75, 3.05) is 31.8 Å². The fourth-order valence-corrected chi connectivity index (χ4v) is 6.13. The van der Waals surface area contributed by atoms with Gasteiger partial charge in [-0.25, -0.2) is 28.5 Å². The molecule has 1 aliphatic heterocycles. The van der Waals surface area contributed by atoms with Crippen LogP contribution in [0.3, 0.4) is 0 Å². The summed E-state index contributed by atoms with van der Waals surface area (Å²) >= 11 is 0. The monoisotopic (exact) mass is 695 g/mol. The number of carbonyl (C=O) groups excluding carboxylic acids is 2. The minimum Gasteiger partial charge on any atom is -0.467 e. The molecule has 13 nitrogen and oxygen atoms in total. The number of methoxy groups -OCH3 is 1. The van der Waals surface area contributed by atoms with Crippen molar-refractivity contribution in [3.05, 3.63) is 98.5 Å². The summed E-state index contributed by atoms with van der Waals surface area (Å²) in [5.41, 5.74) is -0.876. The van der Waals surface area contributed by atoms with Crippen molar-refractivity contribution in [3.63, 3.8) is 0 Å². The van der Waals surface area contributed by atoms with Crippen LogP contribution in [0.2, 0.25) is 0 Å². The Hall–Kier alpha value is -5.71. The van der Waals surface area contributed by atoms with Gasteiger partial charge in [0.05, 0.1) is 37.1 Å². The van der Waals surface area contributed by atoms with E-state index < -0.39 is 59.4 Å². The predicted molar refractivity (Wildman–Crippen MR) is 172 cm³/mol. The second kappa shape index (κ2) is 13.3. The first kappa shape index (κ1) is 34.2. The Morgan fingerprint density at radius 1 is 1.14 bits per heavy atom. The molecule has 4 heterocycles. The normalized spacial score (nSPS) is 15.7. The van der Waals surface area contributed by atoms with Gasteiger partial charge in [0.25, 0.3) is 11.5 Å². The summed E-state index contributed by atoms with van der Waals surface area (Å²) in [5, 5.41) is 3.02. The molecule has 2 aromatic carbocycles. The molecule has 0 radical (unpaired) electrons. The molecule has 0 bridgehead atoms. The van der Waals surface area contributed by atoms with Crippen LogP contribution in [0.1, 0.15) is 21.5 Å². The maximum absolute atomic E-state index is 15.5. The number of esters is 1. The molecule has 50 heavy (non-hydrogen) atoms. The van der Waals surface area contributed by atoms with Crippen LogP contribution in [0.5, 0.6) is 0 Å². The van der Waals surface area contributed by atoms with Gasteiger partial charge >= 0.3 is 17.8 Å². The highest BCUT2D eigenvalue weighted by Gasteiger charge is 2.45. The van der Waals surface area contributed by atoms with Crippen molar-refractivity contribution >= 4 is 39.5 Å². The van der Waals surface area contributed by atoms with Crippen LogP contribution in [0.15, 0.2) is 64.7 Å². The highest BCUT2D eigenvalue weighted by Crippen LogP contribution is 2.33. The predicted octanol–water partition coefficient (Wildman–Crippen LogP) is 2.76. The Morgan fingerprint density at radius 2 is 1.92 bits per heavy atom. The molecule has 3 aromatic heterocycles. The smallest absolute Gasteiger partial charge is 0.411 e. The molecule has 6 rings (SSSR count). The van der Waals surface area contributed by atoms with E-state index in [4.69, 9.17) is 9.47 Å². The number of hydrogen-bond donors (Lipinski definition) is 1. The van der Waals surface area contributed by atoms with E-state index in [-0.39, 0.29) is 53.1 Å². The van der Waals surface area contributed by atoms with E-state index in [1.54, 1.807) is 18.2 Å². The number of morpholine rings is 1. The number of carbonyl (C=O) groups is 2. The highest BCUT2D eigenvalue weighted by molar-refractivity contribution is 5.99. The number of nitrogens with zero attached hydrogens (tertiary/aromatic N) is 6. The lowest BCUT2D eigenvalue weighted by Crippen LogP contribution is -2.53.